The second kappa shape index (κ2) is 7.86. The van der Waals surface area contributed by atoms with Crippen LogP contribution in [0.25, 0.3) is 0 Å². The number of amides is 1. The van der Waals surface area contributed by atoms with Crippen molar-refractivity contribution in [1.29, 1.82) is 5.26 Å². The summed E-state index contributed by atoms with van der Waals surface area (Å²) < 4.78 is 26.6. The van der Waals surface area contributed by atoms with Gasteiger partial charge in [0.05, 0.1) is 17.1 Å². The lowest BCUT2D eigenvalue weighted by molar-refractivity contribution is -0.115. The van der Waals surface area contributed by atoms with Gasteiger partial charge in [-0.3, -0.25) is 4.79 Å². The summed E-state index contributed by atoms with van der Waals surface area (Å²) in [7, 11) is 0. The molecule has 1 atom stereocenters. The highest BCUT2D eigenvalue weighted by Crippen LogP contribution is 2.20. The Bertz CT molecular complexity index is 805. The number of carbonyl (C=O) groups is 1. The first-order chi connectivity index (χ1) is 11.4. The quantitative estimate of drug-likeness (QED) is 0.863. The van der Waals surface area contributed by atoms with Gasteiger partial charge in [0.2, 0.25) is 5.91 Å². The Kier molecular flexibility index (Phi) is 5.85. The molecule has 0 heterocycles. The average molecular weight is 350 g/mol. The van der Waals surface area contributed by atoms with Crippen molar-refractivity contribution in [3.05, 3.63) is 64.2 Å². The fraction of sp³-hybridized carbons (Fsp3) is 0.176. The molecule has 2 N–H and O–H groups in total. The molecule has 0 saturated carbocycles. The molecule has 0 spiro atoms. The third kappa shape index (κ3) is 4.51. The third-order valence-electron chi connectivity index (χ3n) is 3.37. The number of benzene rings is 2. The molecule has 0 radical (unpaired) electrons. The molecule has 24 heavy (non-hydrogen) atoms. The highest BCUT2D eigenvalue weighted by molar-refractivity contribution is 6.32. The van der Waals surface area contributed by atoms with Crippen LogP contribution in [-0.4, -0.2) is 12.5 Å². The van der Waals surface area contributed by atoms with Crippen molar-refractivity contribution in [1.82, 2.24) is 5.32 Å². The first-order valence-electron chi connectivity index (χ1n) is 7.08. The molecule has 4 nitrogen and oxygen atoms in total. The summed E-state index contributed by atoms with van der Waals surface area (Å²) in [6, 6.07) is 9.28. The average Bonchev–Trinajstić information content (AvgIpc) is 2.53. The molecule has 2 aromatic carbocycles. The van der Waals surface area contributed by atoms with Crippen LogP contribution in [0.5, 0.6) is 0 Å². The van der Waals surface area contributed by atoms with Crippen molar-refractivity contribution in [3.8, 4) is 6.07 Å². The maximum Gasteiger partial charge on any atom is 0.238 e. The number of rotatable bonds is 5. The van der Waals surface area contributed by atoms with E-state index < -0.39 is 17.7 Å². The minimum Gasteiger partial charge on any atom is -0.325 e. The van der Waals surface area contributed by atoms with E-state index in [4.69, 9.17) is 16.9 Å². The first-order valence-corrected chi connectivity index (χ1v) is 7.46. The predicted octanol–water partition coefficient (Wildman–Crippen LogP) is 3.78. The number of nitrogens with one attached hydrogen (secondary N) is 2. The van der Waals surface area contributed by atoms with Crippen LogP contribution in [0.15, 0.2) is 36.4 Å². The SMILES string of the molecule is C[C@@H](NCC(=O)Nc1ccc(C#N)c(Cl)c1)c1ccc(F)cc1F. The molecule has 7 heteroatoms. The van der Waals surface area contributed by atoms with Crippen molar-refractivity contribution < 1.29 is 13.6 Å². The van der Waals surface area contributed by atoms with Gasteiger partial charge in [0.25, 0.3) is 0 Å². The molecule has 0 aromatic heterocycles. The van der Waals surface area contributed by atoms with Gasteiger partial charge >= 0.3 is 0 Å². The summed E-state index contributed by atoms with van der Waals surface area (Å²) >= 11 is 5.89. The summed E-state index contributed by atoms with van der Waals surface area (Å²) in [5.74, 6) is -1.68. The maximum atomic E-state index is 13.7. The zero-order valence-electron chi connectivity index (χ0n) is 12.7. The molecule has 0 aliphatic heterocycles. The van der Waals surface area contributed by atoms with Crippen LogP contribution in [0.1, 0.15) is 24.1 Å². The highest BCUT2D eigenvalue weighted by Gasteiger charge is 2.13. The van der Waals surface area contributed by atoms with Crippen LogP contribution in [-0.2, 0) is 4.79 Å². The Morgan fingerprint density at radius 1 is 1.29 bits per heavy atom. The van der Waals surface area contributed by atoms with E-state index in [1.54, 1.807) is 13.0 Å². The zero-order chi connectivity index (χ0) is 17.7. The molecule has 0 bridgehead atoms. The fourth-order valence-electron chi connectivity index (χ4n) is 2.10. The second-order valence-electron chi connectivity index (χ2n) is 5.12. The van der Waals surface area contributed by atoms with Gasteiger partial charge < -0.3 is 10.6 Å². The smallest absolute Gasteiger partial charge is 0.238 e. The van der Waals surface area contributed by atoms with Gasteiger partial charge in [-0.05, 0) is 31.2 Å². The number of hydrogen-bond donors (Lipinski definition) is 2. The topological polar surface area (TPSA) is 64.9 Å². The minimum absolute atomic E-state index is 0.0738. The molecule has 0 aliphatic rings. The molecule has 0 saturated heterocycles. The van der Waals surface area contributed by atoms with E-state index in [1.807, 2.05) is 6.07 Å². The number of nitriles is 1. The van der Waals surface area contributed by atoms with E-state index in [0.717, 1.165) is 12.1 Å². The lowest BCUT2D eigenvalue weighted by Crippen LogP contribution is -2.30. The summed E-state index contributed by atoms with van der Waals surface area (Å²) in [6.45, 7) is 1.60. The van der Waals surface area contributed by atoms with Gasteiger partial charge in [-0.1, -0.05) is 17.7 Å². The Balaban J connectivity index is 1.93. The Morgan fingerprint density at radius 3 is 2.67 bits per heavy atom. The van der Waals surface area contributed by atoms with E-state index in [1.165, 1.54) is 18.2 Å². The van der Waals surface area contributed by atoms with E-state index in [9.17, 15) is 13.6 Å². The summed E-state index contributed by atoms with van der Waals surface area (Å²) in [5, 5.41) is 14.5. The fourth-order valence-corrected chi connectivity index (χ4v) is 2.32. The molecule has 124 valence electrons. The van der Waals surface area contributed by atoms with Crippen LogP contribution in [0.4, 0.5) is 14.5 Å². The number of halogens is 3. The van der Waals surface area contributed by atoms with Gasteiger partial charge in [-0.15, -0.1) is 0 Å². The lowest BCUT2D eigenvalue weighted by atomic mass is 10.1. The molecule has 0 aliphatic carbocycles. The van der Waals surface area contributed by atoms with Gasteiger partial charge in [-0.25, -0.2) is 8.78 Å². The predicted molar refractivity (Wildman–Crippen MR) is 87.6 cm³/mol. The Hall–Kier alpha value is -2.49. The Morgan fingerprint density at radius 2 is 2.04 bits per heavy atom. The van der Waals surface area contributed by atoms with Gasteiger partial charge in [-0.2, -0.15) is 5.26 Å². The maximum absolute atomic E-state index is 13.7. The lowest BCUT2D eigenvalue weighted by Gasteiger charge is -2.15. The zero-order valence-corrected chi connectivity index (χ0v) is 13.5. The minimum atomic E-state index is -0.672. The van der Waals surface area contributed by atoms with Crippen molar-refractivity contribution in [2.24, 2.45) is 0 Å². The van der Waals surface area contributed by atoms with Gasteiger partial charge in [0.15, 0.2) is 0 Å². The van der Waals surface area contributed by atoms with Crippen LogP contribution in [0.2, 0.25) is 5.02 Å². The molecule has 0 unspecified atom stereocenters. The standard InChI is InChI=1S/C17H14ClF2N3O/c1-10(14-5-3-12(19)6-16(14)20)22-9-17(24)23-13-4-2-11(8-21)15(18)7-13/h2-7,10,22H,9H2,1H3,(H,23,24)/t10-/m1/s1. The van der Waals surface area contributed by atoms with E-state index in [0.29, 0.717) is 11.3 Å². The van der Waals surface area contributed by atoms with Crippen molar-refractivity contribution in [2.45, 2.75) is 13.0 Å². The summed E-state index contributed by atoms with van der Waals surface area (Å²) in [5.41, 5.74) is 1.03. The number of anilines is 1. The monoisotopic (exact) mass is 349 g/mol. The summed E-state index contributed by atoms with van der Waals surface area (Å²) in [6.07, 6.45) is 0. The normalized spacial score (nSPS) is 11.6. The highest BCUT2D eigenvalue weighted by atomic mass is 35.5. The van der Waals surface area contributed by atoms with Gasteiger partial charge in [0, 0.05) is 23.4 Å². The largest absolute Gasteiger partial charge is 0.325 e. The van der Waals surface area contributed by atoms with Crippen LogP contribution in [0.3, 0.4) is 0 Å². The van der Waals surface area contributed by atoms with Crippen molar-refractivity contribution in [3.63, 3.8) is 0 Å². The van der Waals surface area contributed by atoms with E-state index in [-0.39, 0.29) is 23.0 Å². The third-order valence-corrected chi connectivity index (χ3v) is 3.68. The van der Waals surface area contributed by atoms with Crippen LogP contribution in [0, 0.1) is 23.0 Å². The molecule has 2 aromatic rings. The second-order valence-corrected chi connectivity index (χ2v) is 5.53. The molecule has 0 fully saturated rings. The molecular weight excluding hydrogens is 336 g/mol. The van der Waals surface area contributed by atoms with Crippen molar-refractivity contribution in [2.75, 3.05) is 11.9 Å². The number of hydrogen-bond acceptors (Lipinski definition) is 3. The van der Waals surface area contributed by atoms with E-state index >= 15 is 0 Å². The molecular formula is C17H14ClF2N3O. The summed E-state index contributed by atoms with van der Waals surface area (Å²) in [4.78, 5) is 11.9. The first kappa shape index (κ1) is 17.9. The van der Waals surface area contributed by atoms with E-state index in [2.05, 4.69) is 10.6 Å². The van der Waals surface area contributed by atoms with Crippen LogP contribution < -0.4 is 10.6 Å². The number of nitrogens with zero attached hydrogens (tertiary/aromatic N) is 1. The Labute approximate surface area is 143 Å². The van der Waals surface area contributed by atoms with Gasteiger partial charge in [0.1, 0.15) is 17.7 Å². The molecule has 1 amide bonds. The molecule has 2 rings (SSSR count). The number of carbonyl (C=O) groups excluding carboxylic acids is 1. The van der Waals surface area contributed by atoms with Crippen LogP contribution >= 0.6 is 11.6 Å². The van der Waals surface area contributed by atoms with Crippen molar-refractivity contribution >= 4 is 23.2 Å².